The van der Waals surface area contributed by atoms with Crippen molar-refractivity contribution in [2.75, 3.05) is 4.90 Å². The first-order valence-electron chi connectivity index (χ1n) is 22.2. The lowest BCUT2D eigenvalue weighted by atomic mass is 9.82. The van der Waals surface area contributed by atoms with Crippen molar-refractivity contribution in [3.05, 3.63) is 198 Å². The van der Waals surface area contributed by atoms with E-state index in [2.05, 4.69) is 202 Å². The lowest BCUT2D eigenvalue weighted by Crippen LogP contribution is -2.18. The van der Waals surface area contributed by atoms with Gasteiger partial charge in [0, 0.05) is 69.5 Å². The maximum atomic E-state index is 7.29. The van der Waals surface area contributed by atoms with Gasteiger partial charge in [-0.15, -0.1) is 11.3 Å². The molecule has 0 atom stereocenters. The molecule has 14 rings (SSSR count). The van der Waals surface area contributed by atoms with Crippen molar-refractivity contribution in [3.63, 3.8) is 0 Å². The lowest BCUT2D eigenvalue weighted by molar-refractivity contribution is 0.660. The molecule has 2 aliphatic carbocycles. The topological polar surface area (TPSA) is 29.5 Å². The van der Waals surface area contributed by atoms with E-state index in [4.69, 9.17) is 8.83 Å². The Bertz CT molecular complexity index is 3880. The highest BCUT2D eigenvalue weighted by Gasteiger charge is 2.38. The standard InChI is InChI=1S/C60H41NO2S/c1-59(2)45-20-9-5-14-36(45)38-26-24-34(32-47(38)59)61(35-25-27-39-37-15-6-10-21-46(37)60(3,4)48(39)33-35)49-29-28-43-56-52(31-30-51-55(56)42-17-7-11-22-50(42)62-51)63-57(43)54(49)44-19-13-18-41-40-16-8-12-23-53(40)64-58(41)44/h5-33H,1-4H3. The highest BCUT2D eigenvalue weighted by molar-refractivity contribution is 7.26. The summed E-state index contributed by atoms with van der Waals surface area (Å²) in [5, 5.41) is 6.85. The third kappa shape index (κ3) is 4.70. The van der Waals surface area contributed by atoms with Gasteiger partial charge in [0.2, 0.25) is 0 Å². The van der Waals surface area contributed by atoms with E-state index in [1.807, 2.05) is 17.4 Å². The van der Waals surface area contributed by atoms with Crippen LogP contribution in [-0.2, 0) is 10.8 Å². The van der Waals surface area contributed by atoms with Gasteiger partial charge in [-0.1, -0.05) is 143 Å². The average molecular weight is 840 g/mol. The van der Waals surface area contributed by atoms with E-state index in [-0.39, 0.29) is 10.8 Å². The van der Waals surface area contributed by atoms with E-state index in [1.165, 1.54) is 64.7 Å². The third-order valence-electron chi connectivity index (χ3n) is 14.7. The number of para-hydroxylation sites is 1. The van der Waals surface area contributed by atoms with Crippen LogP contribution in [0.4, 0.5) is 17.1 Å². The number of hydrogen-bond acceptors (Lipinski definition) is 4. The average Bonchev–Trinajstić information content (AvgIpc) is 4.11. The third-order valence-corrected chi connectivity index (χ3v) is 15.9. The Morgan fingerprint density at radius 3 is 1.66 bits per heavy atom. The predicted molar refractivity (Wildman–Crippen MR) is 269 cm³/mol. The molecule has 9 aromatic carbocycles. The molecule has 12 aromatic rings. The highest BCUT2D eigenvalue weighted by atomic mass is 32.1. The smallest absolute Gasteiger partial charge is 0.145 e. The molecular weight excluding hydrogens is 799 g/mol. The first-order valence-corrected chi connectivity index (χ1v) is 23.1. The van der Waals surface area contributed by atoms with Crippen LogP contribution in [0.15, 0.2) is 185 Å². The molecule has 304 valence electrons. The molecule has 0 saturated heterocycles. The summed E-state index contributed by atoms with van der Waals surface area (Å²) < 4.78 is 16.3. The molecule has 0 N–H and O–H groups in total. The van der Waals surface area contributed by atoms with Crippen LogP contribution < -0.4 is 4.90 Å². The molecule has 0 unspecified atom stereocenters. The van der Waals surface area contributed by atoms with Gasteiger partial charge in [0.05, 0.1) is 11.3 Å². The fourth-order valence-corrected chi connectivity index (χ4v) is 12.8. The summed E-state index contributed by atoms with van der Waals surface area (Å²) in [4.78, 5) is 2.51. The number of fused-ring (bicyclic) bond motifs is 16. The summed E-state index contributed by atoms with van der Waals surface area (Å²) >= 11 is 1.86. The van der Waals surface area contributed by atoms with E-state index >= 15 is 0 Å². The molecule has 0 amide bonds. The van der Waals surface area contributed by atoms with Crippen molar-refractivity contribution >= 4 is 92.4 Å². The van der Waals surface area contributed by atoms with Crippen molar-refractivity contribution in [2.24, 2.45) is 0 Å². The first-order chi connectivity index (χ1) is 31.3. The number of hydrogen-bond donors (Lipinski definition) is 0. The van der Waals surface area contributed by atoms with E-state index < -0.39 is 0 Å². The van der Waals surface area contributed by atoms with E-state index in [0.717, 1.165) is 72.1 Å². The maximum Gasteiger partial charge on any atom is 0.145 e. The van der Waals surface area contributed by atoms with Crippen molar-refractivity contribution < 1.29 is 8.83 Å². The molecule has 0 fully saturated rings. The number of thiophene rings is 1. The number of rotatable bonds is 4. The van der Waals surface area contributed by atoms with Crippen LogP contribution in [0.5, 0.6) is 0 Å². The van der Waals surface area contributed by atoms with Gasteiger partial charge in [-0.25, -0.2) is 0 Å². The van der Waals surface area contributed by atoms with Crippen LogP contribution in [-0.4, -0.2) is 0 Å². The van der Waals surface area contributed by atoms with Gasteiger partial charge in [-0.2, -0.15) is 0 Å². The fourth-order valence-electron chi connectivity index (χ4n) is 11.6. The zero-order chi connectivity index (χ0) is 42.6. The SMILES string of the molecule is CC1(C)c2ccccc2-c2ccc(N(c3ccc4c(c3)C(C)(C)c3ccccc3-4)c3ccc4c(oc5ccc6oc7ccccc7c6c54)c3-c3cccc4c3sc3ccccc34)cc21. The maximum absolute atomic E-state index is 7.29. The molecule has 0 radical (unpaired) electrons. The van der Waals surface area contributed by atoms with Crippen LogP contribution in [0.25, 0.3) is 97.4 Å². The minimum absolute atomic E-state index is 0.178. The number of furan rings is 2. The second kappa shape index (κ2) is 12.6. The van der Waals surface area contributed by atoms with Gasteiger partial charge in [0.15, 0.2) is 0 Å². The molecule has 0 aliphatic heterocycles. The monoisotopic (exact) mass is 839 g/mol. The molecule has 3 aromatic heterocycles. The Kier molecular flexibility index (Phi) is 7.12. The van der Waals surface area contributed by atoms with Gasteiger partial charge in [-0.3, -0.25) is 0 Å². The second-order valence-electron chi connectivity index (χ2n) is 18.8. The van der Waals surface area contributed by atoms with Crippen LogP contribution in [0.2, 0.25) is 0 Å². The molecule has 0 saturated carbocycles. The lowest BCUT2D eigenvalue weighted by Gasteiger charge is -2.31. The van der Waals surface area contributed by atoms with Crippen molar-refractivity contribution in [2.45, 2.75) is 38.5 Å². The van der Waals surface area contributed by atoms with Crippen molar-refractivity contribution in [1.29, 1.82) is 0 Å². The minimum Gasteiger partial charge on any atom is -0.456 e. The Morgan fingerprint density at radius 2 is 0.953 bits per heavy atom. The summed E-state index contributed by atoms with van der Waals surface area (Å²) in [6.07, 6.45) is 0. The largest absolute Gasteiger partial charge is 0.456 e. The van der Waals surface area contributed by atoms with Gasteiger partial charge < -0.3 is 13.7 Å². The van der Waals surface area contributed by atoms with Gasteiger partial charge in [0.25, 0.3) is 0 Å². The van der Waals surface area contributed by atoms with Gasteiger partial charge in [0.1, 0.15) is 22.3 Å². The van der Waals surface area contributed by atoms with Crippen LogP contribution in [0.3, 0.4) is 0 Å². The van der Waals surface area contributed by atoms with E-state index in [9.17, 15) is 0 Å². The van der Waals surface area contributed by atoms with Crippen LogP contribution in [0.1, 0.15) is 49.9 Å². The number of nitrogens with zero attached hydrogens (tertiary/aromatic N) is 1. The Morgan fingerprint density at radius 1 is 0.406 bits per heavy atom. The zero-order valence-electron chi connectivity index (χ0n) is 35.9. The van der Waals surface area contributed by atoms with E-state index in [1.54, 1.807) is 0 Å². The van der Waals surface area contributed by atoms with E-state index in [0.29, 0.717) is 0 Å². The highest BCUT2D eigenvalue weighted by Crippen LogP contribution is 2.56. The van der Waals surface area contributed by atoms with Crippen molar-refractivity contribution in [3.8, 4) is 33.4 Å². The summed E-state index contributed by atoms with van der Waals surface area (Å²) in [5.74, 6) is 0. The summed E-state index contributed by atoms with van der Waals surface area (Å²) in [6, 6.07) is 64.8. The number of anilines is 3. The molecule has 2 aliphatic rings. The van der Waals surface area contributed by atoms with Crippen molar-refractivity contribution in [1.82, 2.24) is 0 Å². The molecular formula is C60H41NO2S. The summed E-state index contributed by atoms with van der Waals surface area (Å²) in [6.45, 7) is 9.48. The van der Waals surface area contributed by atoms with Gasteiger partial charge >= 0.3 is 0 Å². The zero-order valence-corrected chi connectivity index (χ0v) is 36.7. The predicted octanol–water partition coefficient (Wildman–Crippen LogP) is 17.6. The van der Waals surface area contributed by atoms with Gasteiger partial charge in [-0.05, 0) is 105 Å². The molecule has 4 heteroatoms. The quantitative estimate of drug-likeness (QED) is 0.177. The summed E-state index contributed by atoms with van der Waals surface area (Å²) in [7, 11) is 0. The minimum atomic E-state index is -0.178. The molecule has 64 heavy (non-hydrogen) atoms. The fraction of sp³-hybridized carbons (Fsp3) is 0.100. The van der Waals surface area contributed by atoms with Crippen LogP contribution >= 0.6 is 11.3 Å². The van der Waals surface area contributed by atoms with Crippen LogP contribution in [0, 0.1) is 0 Å². The molecule has 3 nitrogen and oxygen atoms in total. The Hall–Kier alpha value is -7.40. The normalized spacial score (nSPS) is 14.5. The molecule has 0 spiro atoms. The number of benzene rings is 9. The molecule has 3 heterocycles. The second-order valence-corrected chi connectivity index (χ2v) is 19.8. The Labute approximate surface area is 374 Å². The summed E-state index contributed by atoms with van der Waals surface area (Å²) in [5.41, 5.74) is 19.2. The Balaban J connectivity index is 1.11. The molecule has 0 bridgehead atoms. The first kappa shape index (κ1) is 36.1.